The van der Waals surface area contributed by atoms with E-state index in [0.717, 1.165) is 19.3 Å². The van der Waals surface area contributed by atoms with Crippen LogP contribution in [0.2, 0.25) is 0 Å². The first-order valence-electron chi connectivity index (χ1n) is 10.0. The molecule has 0 bridgehead atoms. The summed E-state index contributed by atoms with van der Waals surface area (Å²) in [6, 6.07) is 8.11. The average Bonchev–Trinajstić information content (AvgIpc) is 3.46. The van der Waals surface area contributed by atoms with Gasteiger partial charge in [-0.3, -0.25) is 4.79 Å². The van der Waals surface area contributed by atoms with Crippen molar-refractivity contribution in [1.82, 2.24) is 9.88 Å². The van der Waals surface area contributed by atoms with Crippen molar-refractivity contribution in [1.29, 1.82) is 0 Å². The maximum Gasteiger partial charge on any atom is 0.360 e. The highest BCUT2D eigenvalue weighted by atomic mass is 16.5. The smallest absolute Gasteiger partial charge is 0.360 e. The van der Waals surface area contributed by atoms with E-state index in [9.17, 15) is 9.59 Å². The number of rotatable bonds is 10. The van der Waals surface area contributed by atoms with E-state index in [2.05, 4.69) is 16.6 Å². The van der Waals surface area contributed by atoms with E-state index in [4.69, 9.17) is 4.42 Å². The van der Waals surface area contributed by atoms with Gasteiger partial charge in [0.2, 0.25) is 5.89 Å². The van der Waals surface area contributed by atoms with Gasteiger partial charge >= 0.3 is 5.97 Å². The van der Waals surface area contributed by atoms with E-state index >= 15 is 0 Å². The van der Waals surface area contributed by atoms with Gasteiger partial charge in [0.05, 0.1) is 13.7 Å². The number of aromatic nitrogens is 1. The van der Waals surface area contributed by atoms with Gasteiger partial charge in [0.25, 0.3) is 5.91 Å². The minimum absolute atomic E-state index is 0.0298. The van der Waals surface area contributed by atoms with Crippen LogP contribution in [0.4, 0.5) is 0 Å². The van der Waals surface area contributed by atoms with Crippen molar-refractivity contribution in [3.8, 4) is 0 Å². The summed E-state index contributed by atoms with van der Waals surface area (Å²) < 4.78 is 10.0. The van der Waals surface area contributed by atoms with Crippen LogP contribution in [0.25, 0.3) is 0 Å². The zero-order valence-electron chi connectivity index (χ0n) is 16.6. The van der Waals surface area contributed by atoms with Crippen molar-refractivity contribution in [3.05, 3.63) is 53.2 Å². The lowest BCUT2D eigenvalue weighted by molar-refractivity contribution is 0.0594. The van der Waals surface area contributed by atoms with Crippen molar-refractivity contribution < 1.29 is 18.7 Å². The van der Waals surface area contributed by atoms with Crippen LogP contribution in [-0.2, 0) is 17.7 Å². The third kappa shape index (κ3) is 5.21. The van der Waals surface area contributed by atoms with Crippen LogP contribution in [0, 0.1) is 0 Å². The van der Waals surface area contributed by atoms with Gasteiger partial charge in [-0.25, -0.2) is 9.78 Å². The number of methoxy groups -OCH3 is 1. The van der Waals surface area contributed by atoms with Gasteiger partial charge in [0.1, 0.15) is 6.26 Å². The van der Waals surface area contributed by atoms with E-state index < -0.39 is 5.97 Å². The minimum atomic E-state index is -0.547. The molecule has 0 spiro atoms. The molecule has 6 nitrogen and oxygen atoms in total. The maximum atomic E-state index is 13.0. The molecule has 150 valence electrons. The molecule has 1 aromatic carbocycles. The SMILES string of the molecule is CCCCCCc1ccc(C(=O)N(Cc2nc(C(=O)OC)co2)C2CC2)cc1. The van der Waals surface area contributed by atoms with Crippen molar-refractivity contribution >= 4 is 11.9 Å². The molecule has 1 saturated carbocycles. The van der Waals surface area contributed by atoms with Crippen molar-refractivity contribution in [2.75, 3.05) is 7.11 Å². The molecule has 1 heterocycles. The molecular formula is C22H28N2O4. The molecule has 1 aliphatic rings. The Morgan fingerprint density at radius 2 is 1.93 bits per heavy atom. The Hall–Kier alpha value is -2.63. The van der Waals surface area contributed by atoms with Gasteiger partial charge in [0.15, 0.2) is 5.69 Å². The molecular weight excluding hydrogens is 356 g/mol. The summed E-state index contributed by atoms with van der Waals surface area (Å²) in [5.41, 5.74) is 2.05. The van der Waals surface area contributed by atoms with Crippen LogP contribution in [0.15, 0.2) is 34.9 Å². The number of hydrogen-bond donors (Lipinski definition) is 0. The number of unbranched alkanes of at least 4 members (excludes halogenated alkanes) is 3. The summed E-state index contributed by atoms with van der Waals surface area (Å²) in [5, 5.41) is 0. The topological polar surface area (TPSA) is 72.6 Å². The monoisotopic (exact) mass is 384 g/mol. The summed E-state index contributed by atoms with van der Waals surface area (Å²) in [7, 11) is 1.30. The number of nitrogens with zero attached hydrogens (tertiary/aromatic N) is 2. The molecule has 0 aliphatic heterocycles. The molecule has 0 N–H and O–H groups in total. The molecule has 6 heteroatoms. The fourth-order valence-electron chi connectivity index (χ4n) is 3.22. The van der Waals surface area contributed by atoms with Crippen LogP contribution in [0.3, 0.4) is 0 Å². The Morgan fingerprint density at radius 1 is 1.18 bits per heavy atom. The summed E-state index contributed by atoms with van der Waals surface area (Å²) in [6.45, 7) is 2.46. The highest BCUT2D eigenvalue weighted by Gasteiger charge is 2.34. The fraction of sp³-hybridized carbons (Fsp3) is 0.500. The van der Waals surface area contributed by atoms with E-state index in [1.165, 1.54) is 44.6 Å². The number of oxazole rings is 1. The van der Waals surface area contributed by atoms with E-state index in [1.54, 1.807) is 4.90 Å². The normalized spacial score (nSPS) is 13.4. The van der Waals surface area contributed by atoms with Gasteiger partial charge in [0, 0.05) is 11.6 Å². The summed E-state index contributed by atoms with van der Waals surface area (Å²) >= 11 is 0. The molecule has 0 saturated heterocycles. The molecule has 1 amide bonds. The van der Waals surface area contributed by atoms with Crippen LogP contribution in [-0.4, -0.2) is 34.9 Å². The Balaban J connectivity index is 1.63. The molecule has 3 rings (SSSR count). The lowest BCUT2D eigenvalue weighted by Gasteiger charge is -2.21. The zero-order chi connectivity index (χ0) is 19.9. The fourth-order valence-corrected chi connectivity index (χ4v) is 3.22. The van der Waals surface area contributed by atoms with E-state index in [1.807, 2.05) is 24.3 Å². The van der Waals surface area contributed by atoms with Gasteiger partial charge < -0.3 is 14.1 Å². The molecule has 1 aromatic heterocycles. The lowest BCUT2D eigenvalue weighted by atomic mass is 10.0. The third-order valence-electron chi connectivity index (χ3n) is 5.02. The number of hydrogen-bond acceptors (Lipinski definition) is 5. The third-order valence-corrected chi connectivity index (χ3v) is 5.02. The molecule has 28 heavy (non-hydrogen) atoms. The Labute approximate surface area is 165 Å². The summed E-state index contributed by atoms with van der Waals surface area (Å²) in [4.78, 5) is 30.5. The number of esters is 1. The number of aryl methyl sites for hydroxylation is 1. The highest BCUT2D eigenvalue weighted by molar-refractivity contribution is 5.94. The lowest BCUT2D eigenvalue weighted by Crippen LogP contribution is -2.32. The first-order valence-corrected chi connectivity index (χ1v) is 10.0. The van der Waals surface area contributed by atoms with Gasteiger partial charge in [-0.15, -0.1) is 0 Å². The summed E-state index contributed by atoms with van der Waals surface area (Å²) in [5.74, 6) is -0.236. The van der Waals surface area contributed by atoms with Gasteiger partial charge in [-0.05, 0) is 43.4 Å². The molecule has 1 aliphatic carbocycles. The first-order chi connectivity index (χ1) is 13.6. The second kappa shape index (κ2) is 9.53. The van der Waals surface area contributed by atoms with Crippen LogP contribution < -0.4 is 0 Å². The van der Waals surface area contributed by atoms with Crippen molar-refractivity contribution in [3.63, 3.8) is 0 Å². The Bertz CT molecular complexity index is 793. The van der Waals surface area contributed by atoms with Crippen LogP contribution in [0.5, 0.6) is 0 Å². The number of carbonyl (C=O) groups excluding carboxylic acids is 2. The minimum Gasteiger partial charge on any atom is -0.464 e. The Kier molecular flexibility index (Phi) is 6.85. The predicted octanol–water partition coefficient (Wildman–Crippen LogP) is 4.39. The maximum absolute atomic E-state index is 13.0. The Morgan fingerprint density at radius 3 is 2.57 bits per heavy atom. The number of benzene rings is 1. The molecule has 1 fully saturated rings. The van der Waals surface area contributed by atoms with Gasteiger partial charge in [-0.2, -0.15) is 0 Å². The first kappa shape index (κ1) is 20.1. The van der Waals surface area contributed by atoms with Gasteiger partial charge in [-0.1, -0.05) is 38.3 Å². The highest BCUT2D eigenvalue weighted by Crippen LogP contribution is 2.30. The molecule has 2 aromatic rings. The van der Waals surface area contributed by atoms with Crippen molar-refractivity contribution in [2.45, 2.75) is 64.5 Å². The predicted molar refractivity (Wildman–Crippen MR) is 105 cm³/mol. The second-order valence-corrected chi connectivity index (χ2v) is 7.29. The largest absolute Gasteiger partial charge is 0.464 e. The van der Waals surface area contributed by atoms with Crippen molar-refractivity contribution in [2.24, 2.45) is 0 Å². The molecule has 0 atom stereocenters. The van der Waals surface area contributed by atoms with E-state index in [-0.39, 0.29) is 24.2 Å². The van der Waals surface area contributed by atoms with E-state index in [0.29, 0.717) is 11.5 Å². The molecule has 0 unspecified atom stereocenters. The number of ether oxygens (including phenoxy) is 1. The average molecular weight is 384 g/mol. The summed E-state index contributed by atoms with van der Waals surface area (Å²) in [6.07, 6.45) is 9.20. The van der Waals surface area contributed by atoms with Crippen LogP contribution >= 0.6 is 0 Å². The van der Waals surface area contributed by atoms with Crippen LogP contribution in [0.1, 0.15) is 77.7 Å². The standard InChI is InChI=1S/C22H28N2O4/c1-3-4-5-6-7-16-8-10-17(11-9-16)21(25)24(18-12-13-18)14-20-23-19(15-28-20)22(26)27-2/h8-11,15,18H,3-7,12-14H2,1-2H3. The second-order valence-electron chi connectivity index (χ2n) is 7.29. The number of carbonyl (C=O) groups is 2. The molecule has 0 radical (unpaired) electrons. The number of amides is 1. The quantitative estimate of drug-likeness (QED) is 0.449. The zero-order valence-corrected chi connectivity index (χ0v) is 16.6.